The van der Waals surface area contributed by atoms with Crippen molar-refractivity contribution in [1.82, 2.24) is 5.32 Å². The van der Waals surface area contributed by atoms with Crippen molar-refractivity contribution in [2.24, 2.45) is 0 Å². The van der Waals surface area contributed by atoms with Gasteiger partial charge >= 0.3 is 5.97 Å². The van der Waals surface area contributed by atoms with Crippen LogP contribution in [-0.2, 0) is 14.3 Å². The van der Waals surface area contributed by atoms with Crippen molar-refractivity contribution >= 4 is 5.97 Å². The van der Waals surface area contributed by atoms with E-state index in [0.717, 1.165) is 11.5 Å². The van der Waals surface area contributed by atoms with Gasteiger partial charge in [-0.25, -0.2) is 4.79 Å². The van der Waals surface area contributed by atoms with Gasteiger partial charge in [-0.3, -0.25) is 5.32 Å². The van der Waals surface area contributed by atoms with E-state index in [1.54, 1.807) is 7.11 Å². The third kappa shape index (κ3) is 3.78. The van der Waals surface area contributed by atoms with Crippen LogP contribution in [-0.4, -0.2) is 33.3 Å². The molecule has 1 aliphatic carbocycles. The van der Waals surface area contributed by atoms with E-state index < -0.39 is 6.04 Å². The highest BCUT2D eigenvalue weighted by molar-refractivity contribution is 5.77. The van der Waals surface area contributed by atoms with Crippen LogP contribution in [0.25, 0.3) is 0 Å². The third-order valence-corrected chi connectivity index (χ3v) is 3.41. The molecule has 1 saturated carbocycles. The van der Waals surface area contributed by atoms with Crippen molar-refractivity contribution in [1.29, 1.82) is 0 Å². The highest BCUT2D eigenvalue weighted by Crippen LogP contribution is 2.40. The lowest BCUT2D eigenvalue weighted by Gasteiger charge is -2.17. The van der Waals surface area contributed by atoms with Crippen LogP contribution in [0.15, 0.2) is 24.3 Å². The molecule has 0 aliphatic heterocycles. The molecule has 0 heterocycles. The fourth-order valence-corrected chi connectivity index (χ4v) is 2.14. The molecule has 2 rings (SSSR count). The molecule has 104 valence electrons. The fourth-order valence-electron chi connectivity index (χ4n) is 2.14. The molecule has 0 saturated heterocycles. The van der Waals surface area contributed by atoms with E-state index in [9.17, 15) is 4.79 Å². The number of hydrogen-bond acceptors (Lipinski definition) is 4. The van der Waals surface area contributed by atoms with Crippen LogP contribution in [0.2, 0.25) is 0 Å². The van der Waals surface area contributed by atoms with Gasteiger partial charge in [0.05, 0.1) is 13.7 Å². The van der Waals surface area contributed by atoms with Gasteiger partial charge in [0.15, 0.2) is 0 Å². The number of ether oxygens (including phenoxy) is 2. The lowest BCUT2D eigenvalue weighted by atomic mass is 10.0. The van der Waals surface area contributed by atoms with Crippen molar-refractivity contribution in [2.75, 3.05) is 27.4 Å². The Morgan fingerprint density at radius 1 is 1.32 bits per heavy atom. The van der Waals surface area contributed by atoms with Gasteiger partial charge in [-0.15, -0.1) is 0 Å². The Morgan fingerprint density at radius 2 is 2.00 bits per heavy atom. The summed E-state index contributed by atoms with van der Waals surface area (Å²) in [5.74, 6) is 0.461. The summed E-state index contributed by atoms with van der Waals surface area (Å²) in [6.45, 7) is 1.17. The van der Waals surface area contributed by atoms with Gasteiger partial charge in [-0.2, -0.15) is 0 Å². The van der Waals surface area contributed by atoms with Crippen molar-refractivity contribution in [3.05, 3.63) is 35.4 Å². The zero-order valence-corrected chi connectivity index (χ0v) is 11.5. The zero-order valence-electron chi connectivity index (χ0n) is 11.5. The topological polar surface area (TPSA) is 47.6 Å². The number of nitrogens with one attached hydrogen (secondary N) is 1. The van der Waals surface area contributed by atoms with E-state index >= 15 is 0 Å². The zero-order chi connectivity index (χ0) is 13.7. The highest BCUT2D eigenvalue weighted by Gasteiger charge is 2.25. The Morgan fingerprint density at radius 3 is 2.53 bits per heavy atom. The second-order valence-corrected chi connectivity index (χ2v) is 4.84. The molecule has 1 aromatic carbocycles. The number of carbonyl (C=O) groups excluding carboxylic acids is 1. The van der Waals surface area contributed by atoms with E-state index in [1.807, 2.05) is 12.1 Å². The van der Waals surface area contributed by atoms with Crippen LogP contribution < -0.4 is 5.32 Å². The first kappa shape index (κ1) is 14.0. The first-order valence-electron chi connectivity index (χ1n) is 6.66. The van der Waals surface area contributed by atoms with Crippen molar-refractivity contribution in [3.8, 4) is 0 Å². The Hall–Kier alpha value is -1.39. The highest BCUT2D eigenvalue weighted by atomic mass is 16.5. The summed E-state index contributed by atoms with van der Waals surface area (Å²) in [6.07, 6.45) is 2.57. The number of esters is 1. The van der Waals surface area contributed by atoms with Gasteiger partial charge in [0.25, 0.3) is 0 Å². The fraction of sp³-hybridized carbons (Fsp3) is 0.533. The molecule has 1 aliphatic rings. The Kier molecular flexibility index (Phi) is 4.93. The van der Waals surface area contributed by atoms with Gasteiger partial charge in [-0.1, -0.05) is 24.3 Å². The SMILES string of the molecule is COCCNC(C(=O)OC)c1ccc(C2CC2)cc1. The van der Waals surface area contributed by atoms with Gasteiger partial charge in [0.2, 0.25) is 0 Å². The molecular weight excluding hydrogens is 242 g/mol. The monoisotopic (exact) mass is 263 g/mol. The van der Waals surface area contributed by atoms with Crippen LogP contribution in [0.5, 0.6) is 0 Å². The number of benzene rings is 1. The smallest absolute Gasteiger partial charge is 0.327 e. The molecular formula is C15H21NO3. The van der Waals surface area contributed by atoms with Gasteiger partial charge in [-0.05, 0) is 29.9 Å². The first-order valence-corrected chi connectivity index (χ1v) is 6.66. The maximum atomic E-state index is 11.8. The summed E-state index contributed by atoms with van der Waals surface area (Å²) in [5.41, 5.74) is 2.30. The quantitative estimate of drug-likeness (QED) is 0.604. The molecule has 4 nitrogen and oxygen atoms in total. The average Bonchev–Trinajstić information content (AvgIpc) is 3.28. The summed E-state index contributed by atoms with van der Waals surface area (Å²) < 4.78 is 9.83. The third-order valence-electron chi connectivity index (χ3n) is 3.41. The average molecular weight is 263 g/mol. The Labute approximate surface area is 114 Å². The van der Waals surface area contributed by atoms with Gasteiger partial charge < -0.3 is 9.47 Å². The second-order valence-electron chi connectivity index (χ2n) is 4.84. The van der Waals surface area contributed by atoms with E-state index in [4.69, 9.17) is 9.47 Å². The molecule has 1 aromatic rings. The lowest BCUT2D eigenvalue weighted by Crippen LogP contribution is -2.32. The molecule has 1 N–H and O–H groups in total. The number of methoxy groups -OCH3 is 2. The molecule has 0 spiro atoms. The van der Waals surface area contributed by atoms with Crippen LogP contribution in [0.1, 0.15) is 35.9 Å². The minimum atomic E-state index is -0.423. The number of rotatable bonds is 7. The molecule has 1 fully saturated rings. The van der Waals surface area contributed by atoms with Crippen molar-refractivity contribution < 1.29 is 14.3 Å². The second kappa shape index (κ2) is 6.68. The summed E-state index contributed by atoms with van der Waals surface area (Å²) >= 11 is 0. The van der Waals surface area contributed by atoms with E-state index in [0.29, 0.717) is 13.2 Å². The maximum Gasteiger partial charge on any atom is 0.327 e. The predicted molar refractivity (Wildman–Crippen MR) is 73.1 cm³/mol. The molecule has 0 amide bonds. The number of hydrogen-bond donors (Lipinski definition) is 1. The normalized spacial score (nSPS) is 16.1. The molecule has 4 heteroatoms. The molecule has 1 atom stereocenters. The molecule has 1 unspecified atom stereocenters. The van der Waals surface area contributed by atoms with E-state index in [2.05, 4.69) is 17.4 Å². The number of carbonyl (C=O) groups is 1. The standard InChI is InChI=1S/C15H21NO3/c1-18-10-9-16-14(15(17)19-2)13-7-5-12(6-8-13)11-3-4-11/h5-8,11,14,16H,3-4,9-10H2,1-2H3. The Bertz CT molecular complexity index is 412. The minimum absolute atomic E-state index is 0.268. The predicted octanol–water partition coefficient (Wildman–Crippen LogP) is 2.01. The van der Waals surface area contributed by atoms with Crippen LogP contribution in [0.3, 0.4) is 0 Å². The van der Waals surface area contributed by atoms with Gasteiger partial charge in [0, 0.05) is 13.7 Å². The Balaban J connectivity index is 2.04. The van der Waals surface area contributed by atoms with Crippen LogP contribution >= 0.6 is 0 Å². The summed E-state index contributed by atoms with van der Waals surface area (Å²) in [4.78, 5) is 11.8. The summed E-state index contributed by atoms with van der Waals surface area (Å²) in [7, 11) is 3.05. The van der Waals surface area contributed by atoms with E-state index in [1.165, 1.54) is 25.5 Å². The maximum absolute atomic E-state index is 11.8. The summed E-state index contributed by atoms with van der Waals surface area (Å²) in [5, 5.41) is 3.15. The van der Waals surface area contributed by atoms with Crippen molar-refractivity contribution in [2.45, 2.75) is 24.8 Å². The van der Waals surface area contributed by atoms with Crippen LogP contribution in [0.4, 0.5) is 0 Å². The largest absolute Gasteiger partial charge is 0.468 e. The molecule has 0 radical (unpaired) electrons. The van der Waals surface area contributed by atoms with Gasteiger partial charge in [0.1, 0.15) is 6.04 Å². The first-order chi connectivity index (χ1) is 9.26. The van der Waals surface area contributed by atoms with E-state index in [-0.39, 0.29) is 5.97 Å². The molecule has 0 aromatic heterocycles. The summed E-state index contributed by atoms with van der Waals surface area (Å²) in [6, 6.07) is 7.82. The van der Waals surface area contributed by atoms with Crippen LogP contribution in [0, 0.1) is 0 Å². The molecule has 0 bridgehead atoms. The molecule has 19 heavy (non-hydrogen) atoms. The minimum Gasteiger partial charge on any atom is -0.468 e. The lowest BCUT2D eigenvalue weighted by molar-refractivity contribution is -0.143. The van der Waals surface area contributed by atoms with Crippen molar-refractivity contribution in [3.63, 3.8) is 0 Å².